The quantitative estimate of drug-likeness (QED) is 0.267. The minimum absolute atomic E-state index is 0.0338. The zero-order valence-electron chi connectivity index (χ0n) is 22.8. The number of likely N-dealkylation sites (tertiary alicyclic amines) is 1. The van der Waals surface area contributed by atoms with E-state index in [2.05, 4.69) is 20.8 Å². The Bertz CT molecular complexity index is 1100. The number of allylic oxidation sites excluding steroid dienone is 2. The van der Waals surface area contributed by atoms with Gasteiger partial charge in [-0.3, -0.25) is 14.5 Å². The maximum atomic E-state index is 13.7. The monoisotopic (exact) mass is 543 g/mol. The highest BCUT2D eigenvalue weighted by Gasteiger charge is 2.56. The highest BCUT2D eigenvalue weighted by Crippen LogP contribution is 2.49. The van der Waals surface area contributed by atoms with Gasteiger partial charge in [0.25, 0.3) is 0 Å². The molecule has 3 N–H and O–H groups in total. The fourth-order valence-corrected chi connectivity index (χ4v) is 7.08. The standard InChI is InChI=1S/C31H42ClNO5/c1-4-19(14-20-11-12-22(35)15-26(20)32)10-13-27(36)28-23(18(2)3)16-24-29(25(28)17-34)31(38)33(30(24)37)21-8-6-5-7-9-21/h11-12,14-15,18,21,24-25,27,29,34-36H,4-10,13,16-17H2,1-3H3/b19-14+/t24-,25+,27-,29-/m1/s1. The maximum absolute atomic E-state index is 13.7. The van der Waals surface area contributed by atoms with Crippen LogP contribution in [0.5, 0.6) is 5.75 Å². The number of phenolic OH excluding ortho intramolecular Hbond substituents is 1. The van der Waals surface area contributed by atoms with Crippen LogP contribution in [0.25, 0.3) is 6.08 Å². The minimum Gasteiger partial charge on any atom is -0.508 e. The van der Waals surface area contributed by atoms with Crippen molar-refractivity contribution in [1.29, 1.82) is 0 Å². The summed E-state index contributed by atoms with van der Waals surface area (Å²) in [6.07, 6.45) is 8.41. The fraction of sp³-hybridized carbons (Fsp3) is 0.613. The van der Waals surface area contributed by atoms with E-state index in [0.717, 1.165) is 60.8 Å². The van der Waals surface area contributed by atoms with Gasteiger partial charge in [0.05, 0.1) is 29.6 Å². The Kier molecular flexibility index (Phi) is 9.38. The van der Waals surface area contributed by atoms with Crippen molar-refractivity contribution < 1.29 is 24.9 Å². The lowest BCUT2D eigenvalue weighted by Gasteiger charge is -2.38. The van der Waals surface area contributed by atoms with Gasteiger partial charge >= 0.3 is 0 Å². The van der Waals surface area contributed by atoms with Crippen LogP contribution in [0, 0.1) is 23.7 Å². The topological polar surface area (TPSA) is 98.1 Å². The van der Waals surface area contributed by atoms with Gasteiger partial charge in [0.2, 0.25) is 11.8 Å². The lowest BCUT2D eigenvalue weighted by molar-refractivity contribution is -0.143. The van der Waals surface area contributed by atoms with Crippen LogP contribution in [0.15, 0.2) is 34.9 Å². The molecule has 0 radical (unpaired) electrons. The van der Waals surface area contributed by atoms with Gasteiger partial charge in [-0.15, -0.1) is 0 Å². The summed E-state index contributed by atoms with van der Waals surface area (Å²) in [4.78, 5) is 28.8. The molecule has 1 aliphatic heterocycles. The number of aliphatic hydroxyl groups excluding tert-OH is 2. The van der Waals surface area contributed by atoms with Crippen LogP contribution in [0.3, 0.4) is 0 Å². The molecule has 4 rings (SSSR count). The van der Waals surface area contributed by atoms with Gasteiger partial charge in [0, 0.05) is 12.0 Å². The van der Waals surface area contributed by atoms with Crippen molar-refractivity contribution in [3.63, 3.8) is 0 Å². The number of rotatable bonds is 9. The molecule has 4 atom stereocenters. The average Bonchev–Trinajstić information content (AvgIpc) is 3.16. The number of carbonyl (C=O) groups excluding carboxylic acids is 2. The summed E-state index contributed by atoms with van der Waals surface area (Å²) in [7, 11) is 0. The first kappa shape index (κ1) is 28.8. The van der Waals surface area contributed by atoms with Gasteiger partial charge < -0.3 is 15.3 Å². The number of carbonyl (C=O) groups is 2. The molecule has 0 bridgehead atoms. The number of halogens is 1. The molecule has 1 heterocycles. The van der Waals surface area contributed by atoms with Crippen LogP contribution in [0.4, 0.5) is 0 Å². The molecule has 0 spiro atoms. The summed E-state index contributed by atoms with van der Waals surface area (Å²) in [6.45, 7) is 5.90. The van der Waals surface area contributed by atoms with Crippen molar-refractivity contribution in [2.75, 3.05) is 6.61 Å². The van der Waals surface area contributed by atoms with E-state index in [4.69, 9.17) is 11.6 Å². The number of phenols is 1. The molecule has 0 unspecified atom stereocenters. The third-order valence-corrected chi connectivity index (χ3v) is 9.21. The van der Waals surface area contributed by atoms with Crippen molar-refractivity contribution in [3.8, 4) is 5.75 Å². The summed E-state index contributed by atoms with van der Waals surface area (Å²) >= 11 is 6.30. The van der Waals surface area contributed by atoms with Gasteiger partial charge in [0.15, 0.2) is 0 Å². The Labute approximate surface area is 231 Å². The molecule has 1 saturated heterocycles. The van der Waals surface area contributed by atoms with Gasteiger partial charge in [-0.2, -0.15) is 0 Å². The molecule has 2 fully saturated rings. The van der Waals surface area contributed by atoms with Crippen molar-refractivity contribution >= 4 is 29.5 Å². The fourth-order valence-electron chi connectivity index (χ4n) is 6.85. The van der Waals surface area contributed by atoms with E-state index >= 15 is 0 Å². The Morgan fingerprint density at radius 1 is 1.16 bits per heavy atom. The van der Waals surface area contributed by atoms with Gasteiger partial charge in [0.1, 0.15) is 5.75 Å². The van der Waals surface area contributed by atoms with E-state index in [1.54, 1.807) is 12.1 Å². The Morgan fingerprint density at radius 2 is 1.87 bits per heavy atom. The summed E-state index contributed by atoms with van der Waals surface area (Å²) in [6, 6.07) is 4.84. The molecular weight excluding hydrogens is 502 g/mol. The number of hydrogen-bond acceptors (Lipinski definition) is 5. The lowest BCUT2D eigenvalue weighted by atomic mass is 9.66. The maximum Gasteiger partial charge on any atom is 0.234 e. The van der Waals surface area contributed by atoms with Crippen molar-refractivity contribution in [1.82, 2.24) is 4.90 Å². The van der Waals surface area contributed by atoms with Crippen LogP contribution in [-0.4, -0.2) is 50.8 Å². The Balaban J connectivity index is 1.58. The van der Waals surface area contributed by atoms with E-state index in [1.165, 1.54) is 11.0 Å². The second-order valence-corrected chi connectivity index (χ2v) is 11.9. The zero-order chi connectivity index (χ0) is 27.6. The molecule has 38 heavy (non-hydrogen) atoms. The number of fused-ring (bicyclic) bond motifs is 1. The van der Waals surface area contributed by atoms with Gasteiger partial charge in [-0.25, -0.2) is 0 Å². The smallest absolute Gasteiger partial charge is 0.234 e. The SMILES string of the molecule is CC/C(=C\c1ccc(O)cc1Cl)CC[C@@H](O)C1=C(C(C)C)C[C@H]2C(=O)N(C3CCCCC3)C(=O)[C@H]2[C@H]1CO. The highest BCUT2D eigenvalue weighted by molar-refractivity contribution is 6.32. The van der Waals surface area contributed by atoms with Crippen LogP contribution in [0.1, 0.15) is 84.1 Å². The van der Waals surface area contributed by atoms with E-state index in [0.29, 0.717) is 24.3 Å². The first-order chi connectivity index (χ1) is 18.2. The molecule has 7 heteroatoms. The van der Waals surface area contributed by atoms with E-state index in [1.807, 2.05) is 6.08 Å². The van der Waals surface area contributed by atoms with Crippen molar-refractivity contribution in [3.05, 3.63) is 45.5 Å². The number of amides is 2. The van der Waals surface area contributed by atoms with Crippen LogP contribution < -0.4 is 0 Å². The molecule has 1 aromatic carbocycles. The summed E-state index contributed by atoms with van der Waals surface area (Å²) in [5.41, 5.74) is 3.68. The van der Waals surface area contributed by atoms with Crippen molar-refractivity contribution in [2.24, 2.45) is 23.7 Å². The van der Waals surface area contributed by atoms with E-state index in [9.17, 15) is 24.9 Å². The summed E-state index contributed by atoms with van der Waals surface area (Å²) in [5.74, 6) is -1.63. The summed E-state index contributed by atoms with van der Waals surface area (Å²) in [5, 5.41) is 32.2. The van der Waals surface area contributed by atoms with Crippen LogP contribution in [0.2, 0.25) is 5.02 Å². The number of aromatic hydroxyl groups is 1. The predicted molar refractivity (Wildman–Crippen MR) is 149 cm³/mol. The molecular formula is C31H42ClNO5. The zero-order valence-corrected chi connectivity index (χ0v) is 23.6. The average molecular weight is 544 g/mol. The Morgan fingerprint density at radius 3 is 2.47 bits per heavy atom. The largest absolute Gasteiger partial charge is 0.508 e. The molecule has 0 aromatic heterocycles. The molecule has 208 valence electrons. The molecule has 2 aliphatic carbocycles. The second-order valence-electron chi connectivity index (χ2n) is 11.5. The molecule has 3 aliphatic rings. The third-order valence-electron chi connectivity index (χ3n) is 8.88. The number of nitrogens with zero attached hydrogens (tertiary/aromatic N) is 1. The molecule has 6 nitrogen and oxygen atoms in total. The van der Waals surface area contributed by atoms with Crippen LogP contribution >= 0.6 is 11.6 Å². The van der Waals surface area contributed by atoms with Gasteiger partial charge in [-0.05, 0) is 73.8 Å². The van der Waals surface area contributed by atoms with E-state index in [-0.39, 0.29) is 36.1 Å². The summed E-state index contributed by atoms with van der Waals surface area (Å²) < 4.78 is 0. The number of hydrogen-bond donors (Lipinski definition) is 3. The molecule has 1 saturated carbocycles. The number of aliphatic hydroxyl groups is 2. The predicted octanol–water partition coefficient (Wildman–Crippen LogP) is 5.88. The van der Waals surface area contributed by atoms with Crippen molar-refractivity contribution in [2.45, 2.75) is 90.7 Å². The van der Waals surface area contributed by atoms with E-state index < -0.39 is 23.9 Å². The minimum atomic E-state index is -0.817. The second kappa shape index (κ2) is 12.4. The normalized spacial score (nSPS) is 25.9. The van der Waals surface area contributed by atoms with Crippen LogP contribution in [-0.2, 0) is 9.59 Å². The first-order valence-corrected chi connectivity index (χ1v) is 14.6. The third kappa shape index (κ3) is 5.73. The number of benzene rings is 1. The lowest BCUT2D eigenvalue weighted by Crippen LogP contribution is -2.42. The highest BCUT2D eigenvalue weighted by atomic mass is 35.5. The molecule has 1 aromatic rings. The molecule has 2 amide bonds. The van der Waals surface area contributed by atoms with Gasteiger partial charge in [-0.1, -0.05) is 68.9 Å². The number of imide groups is 1. The Hall–Kier alpha value is -2.15. The first-order valence-electron chi connectivity index (χ1n) is 14.2.